The molecule has 0 aromatic heterocycles. The third-order valence-corrected chi connectivity index (χ3v) is 11.4. The van der Waals surface area contributed by atoms with Crippen LogP contribution in [0, 0.1) is 5.92 Å². The molecular weight excluding hydrogens is 802 g/mol. The first-order valence-electron chi connectivity index (χ1n) is 18.3. The molecule has 2 heterocycles. The molecule has 0 radical (unpaired) electrons. The van der Waals surface area contributed by atoms with Crippen molar-refractivity contribution in [2.75, 3.05) is 39.8 Å². The standard InChI is InChI=1S/C38H54ClN5O13S/c1-20(14-23-12-13-24(39)26(15-23)53-7)10-9-11-28(54-8)38(52)17-27(55-36(51)43-38)21(2)32-37(4,57-32)29(16-31(46)41-5)56-34(49)22(3)44(6)35(50)42-25(33(47)48)18-58-19-30(40)45/h9-13,15,21-22,25,27-29,32,52H,14,16-19H2,1-8H3,(H2,40,45)(H,41,46)(H,42,50)(H,43,51)(H,47,48)/b11-9+,20-10+. The van der Waals surface area contributed by atoms with Crippen LogP contribution in [0.3, 0.4) is 0 Å². The van der Waals surface area contributed by atoms with E-state index in [2.05, 4.69) is 16.0 Å². The van der Waals surface area contributed by atoms with E-state index in [4.69, 9.17) is 41.0 Å². The zero-order valence-corrected chi connectivity index (χ0v) is 35.3. The van der Waals surface area contributed by atoms with Gasteiger partial charge in [0, 0.05) is 39.3 Å². The molecule has 1 aromatic rings. The van der Waals surface area contributed by atoms with Gasteiger partial charge in [0.25, 0.3) is 0 Å². The van der Waals surface area contributed by atoms with E-state index in [9.17, 15) is 39.0 Å². The number of aliphatic hydroxyl groups is 1. The van der Waals surface area contributed by atoms with Gasteiger partial charge in [0.05, 0.1) is 30.4 Å². The number of halogens is 1. The lowest BCUT2D eigenvalue weighted by Gasteiger charge is -2.42. The number of nitrogens with two attached hydrogens (primary N) is 1. The second-order valence-electron chi connectivity index (χ2n) is 14.4. The number of epoxide rings is 1. The molecule has 322 valence electrons. The average Bonchev–Trinajstić information content (AvgIpc) is 3.86. The molecule has 0 aliphatic carbocycles. The molecule has 5 amide bonds. The van der Waals surface area contributed by atoms with Gasteiger partial charge in [-0.1, -0.05) is 48.4 Å². The number of urea groups is 1. The Kier molecular flexibility index (Phi) is 17.2. The summed E-state index contributed by atoms with van der Waals surface area (Å²) in [6.45, 7) is 6.65. The lowest BCUT2D eigenvalue weighted by atomic mass is 9.83. The summed E-state index contributed by atoms with van der Waals surface area (Å²) >= 11 is 7.06. The monoisotopic (exact) mass is 855 g/mol. The number of carboxylic acid groups (broad SMARTS) is 1. The summed E-state index contributed by atoms with van der Waals surface area (Å²) in [5.74, 6) is -3.76. The van der Waals surface area contributed by atoms with Crippen LogP contribution in [0.1, 0.15) is 46.1 Å². The summed E-state index contributed by atoms with van der Waals surface area (Å²) in [6, 6.07) is 1.95. The van der Waals surface area contributed by atoms with Crippen LogP contribution < -0.4 is 26.4 Å². The number of primary amides is 1. The number of carboxylic acids is 1. The number of methoxy groups -OCH3 is 2. The van der Waals surface area contributed by atoms with E-state index >= 15 is 0 Å². The van der Waals surface area contributed by atoms with Crippen molar-refractivity contribution in [1.29, 1.82) is 0 Å². The van der Waals surface area contributed by atoms with Crippen LogP contribution in [0.2, 0.25) is 5.02 Å². The molecule has 7 N–H and O–H groups in total. The molecule has 2 aliphatic heterocycles. The van der Waals surface area contributed by atoms with Crippen molar-refractivity contribution in [1.82, 2.24) is 20.9 Å². The number of benzene rings is 1. The minimum Gasteiger partial charge on any atom is -0.495 e. The van der Waals surface area contributed by atoms with Crippen LogP contribution in [-0.2, 0) is 44.5 Å². The smallest absolute Gasteiger partial charge is 0.409 e. The molecule has 2 saturated heterocycles. The zero-order chi connectivity index (χ0) is 43.5. The number of cyclic esters (lactones) is 1. The quantitative estimate of drug-likeness (QED) is 0.0589. The Labute approximate surface area is 346 Å². The summed E-state index contributed by atoms with van der Waals surface area (Å²) in [4.78, 5) is 75.5. The van der Waals surface area contributed by atoms with Gasteiger partial charge in [0.15, 0.2) is 5.72 Å². The van der Waals surface area contributed by atoms with E-state index in [-0.39, 0.29) is 24.3 Å². The van der Waals surface area contributed by atoms with Crippen LogP contribution in [0.15, 0.2) is 42.0 Å². The molecule has 2 aliphatic rings. The number of aliphatic carboxylic acids is 1. The van der Waals surface area contributed by atoms with Crippen molar-refractivity contribution in [3.8, 4) is 5.75 Å². The Bertz CT molecular complexity index is 1750. The average molecular weight is 856 g/mol. The Morgan fingerprint density at radius 2 is 1.91 bits per heavy atom. The summed E-state index contributed by atoms with van der Waals surface area (Å²) in [7, 11) is 5.60. The molecule has 0 saturated carbocycles. The van der Waals surface area contributed by atoms with E-state index in [1.807, 2.05) is 25.1 Å². The molecule has 20 heteroatoms. The van der Waals surface area contributed by atoms with Crippen LogP contribution in [0.4, 0.5) is 9.59 Å². The minimum absolute atomic E-state index is 0.124. The Morgan fingerprint density at radius 3 is 2.52 bits per heavy atom. The molecule has 18 nitrogen and oxygen atoms in total. The van der Waals surface area contributed by atoms with Crippen molar-refractivity contribution in [3.63, 3.8) is 0 Å². The number of thioether (sulfide) groups is 1. The summed E-state index contributed by atoms with van der Waals surface area (Å²) < 4.78 is 28.4. The predicted molar refractivity (Wildman–Crippen MR) is 213 cm³/mol. The van der Waals surface area contributed by atoms with E-state index in [0.717, 1.165) is 27.8 Å². The summed E-state index contributed by atoms with van der Waals surface area (Å²) in [5.41, 5.74) is 3.89. The molecule has 9 unspecified atom stereocenters. The van der Waals surface area contributed by atoms with E-state index in [1.165, 1.54) is 28.1 Å². The number of carbonyl (C=O) groups is 6. The van der Waals surface area contributed by atoms with Crippen LogP contribution >= 0.6 is 23.4 Å². The molecular formula is C38H54ClN5O13S. The van der Waals surface area contributed by atoms with Gasteiger partial charge >= 0.3 is 24.1 Å². The van der Waals surface area contributed by atoms with Gasteiger partial charge < -0.3 is 55.2 Å². The lowest BCUT2D eigenvalue weighted by Crippen LogP contribution is -2.63. The number of esters is 1. The lowest BCUT2D eigenvalue weighted by molar-refractivity contribution is -0.158. The van der Waals surface area contributed by atoms with Crippen molar-refractivity contribution in [2.45, 2.75) is 94.8 Å². The predicted octanol–water partition coefficient (Wildman–Crippen LogP) is 2.14. The van der Waals surface area contributed by atoms with Gasteiger partial charge in [-0.25, -0.2) is 19.2 Å². The maximum atomic E-state index is 13.4. The van der Waals surface area contributed by atoms with E-state index in [0.29, 0.717) is 17.2 Å². The van der Waals surface area contributed by atoms with Gasteiger partial charge in [-0.15, -0.1) is 11.8 Å². The highest BCUT2D eigenvalue weighted by molar-refractivity contribution is 8.00. The van der Waals surface area contributed by atoms with E-state index < -0.39 is 89.6 Å². The van der Waals surface area contributed by atoms with Gasteiger partial charge in [0.1, 0.15) is 41.7 Å². The highest BCUT2D eigenvalue weighted by atomic mass is 35.5. The second kappa shape index (κ2) is 20.9. The van der Waals surface area contributed by atoms with Gasteiger partial charge in [-0.2, -0.15) is 0 Å². The molecule has 58 heavy (non-hydrogen) atoms. The maximum Gasteiger partial charge on any atom is 0.409 e. The largest absolute Gasteiger partial charge is 0.495 e. The molecule has 1 aromatic carbocycles. The van der Waals surface area contributed by atoms with Gasteiger partial charge in [-0.3, -0.25) is 14.9 Å². The Morgan fingerprint density at radius 1 is 1.22 bits per heavy atom. The zero-order valence-electron chi connectivity index (χ0n) is 33.7. The van der Waals surface area contributed by atoms with Gasteiger partial charge in [0.2, 0.25) is 11.8 Å². The van der Waals surface area contributed by atoms with Crippen molar-refractivity contribution in [3.05, 3.63) is 52.6 Å². The molecule has 3 rings (SSSR count). The number of hydrogen-bond acceptors (Lipinski definition) is 13. The molecule has 0 spiro atoms. The molecule has 2 fully saturated rings. The van der Waals surface area contributed by atoms with E-state index in [1.54, 1.807) is 39.2 Å². The van der Waals surface area contributed by atoms with Crippen molar-refractivity contribution >= 4 is 59.2 Å². The number of amides is 5. The number of alkyl carbamates (subject to hydrolysis) is 1. The number of rotatable bonds is 21. The number of likely N-dealkylation sites (N-methyl/N-ethyl adjacent to an activating group) is 1. The van der Waals surface area contributed by atoms with Crippen LogP contribution in [0.5, 0.6) is 5.75 Å². The highest BCUT2D eigenvalue weighted by Crippen LogP contribution is 2.48. The number of allylic oxidation sites excluding steroid dienone is 3. The first-order valence-corrected chi connectivity index (χ1v) is 19.8. The molecule has 9 atom stereocenters. The highest BCUT2D eigenvalue weighted by Gasteiger charge is 2.64. The third-order valence-electron chi connectivity index (χ3n) is 10.0. The van der Waals surface area contributed by atoms with Crippen LogP contribution in [-0.4, -0.2) is 139 Å². The first kappa shape index (κ1) is 47.8. The van der Waals surface area contributed by atoms with Crippen LogP contribution in [0.25, 0.3) is 0 Å². The van der Waals surface area contributed by atoms with Crippen molar-refractivity contribution < 1.29 is 62.7 Å². The third kappa shape index (κ3) is 12.7. The topological polar surface area (TPSA) is 258 Å². The summed E-state index contributed by atoms with van der Waals surface area (Å²) in [6.07, 6.45) is 0.597. The normalized spacial score (nSPS) is 24.2. The first-order chi connectivity index (χ1) is 27.2. The fourth-order valence-electron chi connectivity index (χ4n) is 6.40. The minimum atomic E-state index is -1.90. The Hall–Kier alpha value is -4.56. The molecule has 0 bridgehead atoms. The van der Waals surface area contributed by atoms with Crippen molar-refractivity contribution in [2.24, 2.45) is 11.7 Å². The van der Waals surface area contributed by atoms with Gasteiger partial charge in [-0.05, 0) is 44.9 Å². The maximum absolute atomic E-state index is 13.4. The Balaban J connectivity index is 1.71. The number of carbonyl (C=O) groups excluding carboxylic acids is 5. The fourth-order valence-corrected chi connectivity index (χ4v) is 7.38. The number of nitrogens with zero attached hydrogens (tertiary/aromatic N) is 1. The number of hydrogen-bond donors (Lipinski definition) is 6. The number of ether oxygens (including phenoxy) is 5. The SMILES string of the molecule is CNC(=O)CC(OC(=O)C(C)N(C)C(=O)NC(CSCC(N)=O)C(=O)O)C1(C)OC1C(C)C1CC(O)(C(/C=C/C=C(\C)Cc2ccc(Cl)c(OC)c2)OC)NC(=O)O1. The summed E-state index contributed by atoms with van der Waals surface area (Å²) in [5, 5.41) is 29.0. The number of nitrogens with one attached hydrogen (secondary N) is 3. The fraction of sp³-hybridized carbons (Fsp3) is 0.579. The second-order valence-corrected chi connectivity index (χ2v) is 15.8.